The number of nitrogens with one attached hydrogen (secondary N) is 1. The number of carbonyl (C=O) groups excluding carboxylic acids is 1. The number of hydrogen-bond donors (Lipinski definition) is 1. The van der Waals surface area contributed by atoms with Crippen LogP contribution in [-0.4, -0.2) is 31.4 Å². The van der Waals surface area contributed by atoms with Gasteiger partial charge in [-0.15, -0.1) is 0 Å². The van der Waals surface area contributed by atoms with E-state index in [-0.39, 0.29) is 17.4 Å². The Balaban J connectivity index is 1.87. The SMILES string of the molecule is Cc1cccc(CCC(=O)NC2(C)CCS(=O)(=O)C2)c1. The number of sulfone groups is 1. The highest BCUT2D eigenvalue weighted by Crippen LogP contribution is 2.23. The van der Waals surface area contributed by atoms with Crippen molar-refractivity contribution in [3.05, 3.63) is 35.4 Å². The Morgan fingerprint density at radius 2 is 2.15 bits per heavy atom. The van der Waals surface area contributed by atoms with Gasteiger partial charge in [-0.3, -0.25) is 4.79 Å². The fourth-order valence-corrected chi connectivity index (χ4v) is 4.73. The summed E-state index contributed by atoms with van der Waals surface area (Å²) in [5.74, 6) is 0.142. The lowest BCUT2D eigenvalue weighted by Crippen LogP contribution is -2.47. The van der Waals surface area contributed by atoms with Gasteiger partial charge in [-0.25, -0.2) is 8.42 Å². The zero-order valence-electron chi connectivity index (χ0n) is 12.0. The van der Waals surface area contributed by atoms with Gasteiger partial charge >= 0.3 is 0 Å². The topological polar surface area (TPSA) is 63.2 Å². The highest BCUT2D eigenvalue weighted by molar-refractivity contribution is 7.91. The molecule has 0 saturated carbocycles. The van der Waals surface area contributed by atoms with Crippen molar-refractivity contribution in [3.63, 3.8) is 0 Å². The zero-order valence-corrected chi connectivity index (χ0v) is 12.8. The van der Waals surface area contributed by atoms with Crippen molar-refractivity contribution in [1.82, 2.24) is 5.32 Å². The second-order valence-electron chi connectivity index (χ2n) is 5.94. The van der Waals surface area contributed by atoms with Crippen LogP contribution in [0.2, 0.25) is 0 Å². The largest absolute Gasteiger partial charge is 0.350 e. The Kier molecular flexibility index (Phi) is 4.18. The minimum absolute atomic E-state index is 0.0518. The first-order valence-electron chi connectivity index (χ1n) is 6.85. The molecule has 5 heteroatoms. The molecule has 0 aliphatic carbocycles. The molecule has 4 nitrogen and oxygen atoms in total. The number of benzene rings is 1. The highest BCUT2D eigenvalue weighted by Gasteiger charge is 2.39. The number of hydrogen-bond acceptors (Lipinski definition) is 3. The molecule has 1 aromatic rings. The Hall–Kier alpha value is -1.36. The summed E-state index contributed by atoms with van der Waals surface area (Å²) >= 11 is 0. The molecule has 1 aromatic carbocycles. The van der Waals surface area contributed by atoms with E-state index in [1.54, 1.807) is 0 Å². The minimum atomic E-state index is -2.99. The molecule has 20 heavy (non-hydrogen) atoms. The van der Waals surface area contributed by atoms with Gasteiger partial charge in [-0.1, -0.05) is 29.8 Å². The molecule has 1 aliphatic rings. The fraction of sp³-hybridized carbons (Fsp3) is 0.533. The van der Waals surface area contributed by atoms with Crippen LogP contribution >= 0.6 is 0 Å². The van der Waals surface area contributed by atoms with Gasteiger partial charge in [-0.2, -0.15) is 0 Å². The van der Waals surface area contributed by atoms with Crippen LogP contribution in [0.5, 0.6) is 0 Å². The molecule has 1 aliphatic heterocycles. The smallest absolute Gasteiger partial charge is 0.220 e. The minimum Gasteiger partial charge on any atom is -0.350 e. The Morgan fingerprint density at radius 1 is 1.40 bits per heavy atom. The van der Waals surface area contributed by atoms with Crippen LogP contribution in [0.25, 0.3) is 0 Å². The summed E-state index contributed by atoms with van der Waals surface area (Å²) in [5, 5.41) is 2.88. The summed E-state index contributed by atoms with van der Waals surface area (Å²) in [6.07, 6.45) is 1.57. The number of aryl methyl sites for hydroxylation is 2. The Morgan fingerprint density at radius 3 is 2.75 bits per heavy atom. The average molecular weight is 295 g/mol. The first-order valence-corrected chi connectivity index (χ1v) is 8.67. The molecule has 0 spiro atoms. The maximum Gasteiger partial charge on any atom is 0.220 e. The van der Waals surface area contributed by atoms with Crippen molar-refractivity contribution in [1.29, 1.82) is 0 Å². The van der Waals surface area contributed by atoms with Crippen LogP contribution in [0.4, 0.5) is 0 Å². The van der Waals surface area contributed by atoms with E-state index in [0.717, 1.165) is 5.56 Å². The van der Waals surface area contributed by atoms with Gasteiger partial charge in [0, 0.05) is 6.42 Å². The Bertz CT molecular complexity index is 609. The normalized spacial score (nSPS) is 24.5. The fourth-order valence-electron chi connectivity index (χ4n) is 2.63. The van der Waals surface area contributed by atoms with Gasteiger partial charge < -0.3 is 5.32 Å². The third-order valence-electron chi connectivity index (χ3n) is 3.67. The van der Waals surface area contributed by atoms with Crippen molar-refractivity contribution in [3.8, 4) is 0 Å². The third-order valence-corrected chi connectivity index (χ3v) is 5.57. The molecule has 2 rings (SSSR count). The van der Waals surface area contributed by atoms with Gasteiger partial charge in [0.25, 0.3) is 0 Å². The lowest BCUT2D eigenvalue weighted by atomic mass is 10.0. The van der Waals surface area contributed by atoms with E-state index in [9.17, 15) is 13.2 Å². The molecule has 0 aromatic heterocycles. The maximum absolute atomic E-state index is 12.0. The summed E-state index contributed by atoms with van der Waals surface area (Å²) in [4.78, 5) is 12.0. The lowest BCUT2D eigenvalue weighted by molar-refractivity contribution is -0.122. The molecule has 1 fully saturated rings. The van der Waals surface area contributed by atoms with Crippen molar-refractivity contribution in [2.75, 3.05) is 11.5 Å². The molecule has 0 radical (unpaired) electrons. The van der Waals surface area contributed by atoms with E-state index in [0.29, 0.717) is 19.3 Å². The van der Waals surface area contributed by atoms with Gasteiger partial charge in [0.2, 0.25) is 5.91 Å². The molecule has 1 heterocycles. The first-order chi connectivity index (χ1) is 9.28. The summed E-state index contributed by atoms with van der Waals surface area (Å²) in [6, 6.07) is 8.07. The van der Waals surface area contributed by atoms with Crippen molar-refractivity contribution < 1.29 is 13.2 Å². The van der Waals surface area contributed by atoms with Crippen molar-refractivity contribution >= 4 is 15.7 Å². The van der Waals surface area contributed by atoms with Crippen LogP contribution in [-0.2, 0) is 21.1 Å². The van der Waals surface area contributed by atoms with E-state index in [1.807, 2.05) is 32.0 Å². The molecule has 1 atom stereocenters. The summed E-state index contributed by atoms with van der Waals surface area (Å²) in [6.45, 7) is 3.83. The molecule has 1 unspecified atom stereocenters. The standard InChI is InChI=1S/C15H21NO3S/c1-12-4-3-5-13(10-12)6-7-14(17)16-15(2)8-9-20(18,19)11-15/h3-5,10H,6-9,11H2,1-2H3,(H,16,17). The average Bonchev–Trinajstić information content (AvgIpc) is 2.61. The summed E-state index contributed by atoms with van der Waals surface area (Å²) in [7, 11) is -2.99. The monoisotopic (exact) mass is 295 g/mol. The van der Waals surface area contributed by atoms with Crippen LogP contribution in [0, 0.1) is 6.92 Å². The van der Waals surface area contributed by atoms with E-state index in [2.05, 4.69) is 11.4 Å². The number of carbonyl (C=O) groups is 1. The van der Waals surface area contributed by atoms with Gasteiger partial charge in [-0.05, 0) is 32.3 Å². The quantitative estimate of drug-likeness (QED) is 0.918. The van der Waals surface area contributed by atoms with Gasteiger partial charge in [0.05, 0.1) is 17.0 Å². The van der Waals surface area contributed by atoms with E-state index >= 15 is 0 Å². The highest BCUT2D eigenvalue weighted by atomic mass is 32.2. The molecular weight excluding hydrogens is 274 g/mol. The van der Waals surface area contributed by atoms with Crippen LogP contribution < -0.4 is 5.32 Å². The van der Waals surface area contributed by atoms with Gasteiger partial charge in [0.1, 0.15) is 0 Å². The third kappa shape index (κ3) is 4.07. The second-order valence-corrected chi connectivity index (χ2v) is 8.12. The predicted molar refractivity (Wildman–Crippen MR) is 79.3 cm³/mol. The molecule has 110 valence electrons. The van der Waals surface area contributed by atoms with Crippen LogP contribution in [0.15, 0.2) is 24.3 Å². The lowest BCUT2D eigenvalue weighted by Gasteiger charge is -2.23. The maximum atomic E-state index is 12.0. The van der Waals surface area contributed by atoms with Crippen LogP contribution in [0.1, 0.15) is 30.9 Å². The first kappa shape index (κ1) is 15.0. The van der Waals surface area contributed by atoms with Crippen molar-refractivity contribution in [2.45, 2.75) is 38.6 Å². The zero-order chi connectivity index (χ0) is 14.8. The Labute approximate surface area is 120 Å². The second kappa shape index (κ2) is 5.56. The van der Waals surface area contributed by atoms with Crippen LogP contribution in [0.3, 0.4) is 0 Å². The van der Waals surface area contributed by atoms with Crippen molar-refractivity contribution in [2.24, 2.45) is 0 Å². The number of rotatable bonds is 4. The molecule has 1 N–H and O–H groups in total. The molecular formula is C15H21NO3S. The molecule has 1 saturated heterocycles. The predicted octanol–water partition coefficient (Wildman–Crippen LogP) is 1.62. The number of amides is 1. The van der Waals surface area contributed by atoms with E-state index < -0.39 is 15.4 Å². The summed E-state index contributed by atoms with van der Waals surface area (Å²) in [5.41, 5.74) is 1.71. The van der Waals surface area contributed by atoms with E-state index in [4.69, 9.17) is 0 Å². The van der Waals surface area contributed by atoms with E-state index in [1.165, 1.54) is 5.56 Å². The molecule has 1 amide bonds. The summed E-state index contributed by atoms with van der Waals surface area (Å²) < 4.78 is 23.0. The molecule has 0 bridgehead atoms. The van der Waals surface area contributed by atoms with Gasteiger partial charge in [0.15, 0.2) is 9.84 Å².